The Morgan fingerprint density at radius 2 is 2.14 bits per heavy atom. The van der Waals surface area contributed by atoms with Gasteiger partial charge in [-0.2, -0.15) is 5.10 Å². The highest BCUT2D eigenvalue weighted by Crippen LogP contribution is 2.23. The first-order valence-electron chi connectivity index (χ1n) is 6.42. The Bertz CT molecular complexity index is 858. The van der Waals surface area contributed by atoms with Crippen molar-refractivity contribution in [3.8, 4) is 5.75 Å². The molecule has 3 aromatic rings. The maximum absolute atomic E-state index is 11.7. The van der Waals surface area contributed by atoms with Gasteiger partial charge in [0, 0.05) is 29.3 Å². The quantitative estimate of drug-likeness (QED) is 0.785. The van der Waals surface area contributed by atoms with Gasteiger partial charge in [-0.05, 0) is 24.3 Å². The van der Waals surface area contributed by atoms with Crippen LogP contribution in [0.2, 0.25) is 0 Å². The summed E-state index contributed by atoms with van der Waals surface area (Å²) in [6.45, 7) is 0.292. The van der Waals surface area contributed by atoms with E-state index < -0.39 is 0 Å². The zero-order valence-corrected chi connectivity index (χ0v) is 11.5. The molecule has 0 saturated carbocycles. The molecule has 0 bridgehead atoms. The molecule has 0 fully saturated rings. The number of anilines is 1. The molecule has 2 N–H and O–H groups in total. The average molecular weight is 282 g/mol. The number of ether oxygens (including phenoxy) is 1. The number of methoxy groups -OCH3 is 1. The van der Waals surface area contributed by atoms with Crippen LogP contribution < -0.4 is 16.0 Å². The van der Waals surface area contributed by atoms with Gasteiger partial charge in [0.2, 0.25) is 0 Å². The van der Waals surface area contributed by atoms with Crippen LogP contribution in [0.5, 0.6) is 5.75 Å². The van der Waals surface area contributed by atoms with Crippen LogP contribution in [0.25, 0.3) is 10.9 Å². The number of hydrogen-bond donors (Lipinski definition) is 1. The first-order chi connectivity index (χ1) is 10.2. The molecule has 0 aliphatic rings. The van der Waals surface area contributed by atoms with Gasteiger partial charge < -0.3 is 10.5 Å². The average Bonchev–Trinajstić information content (AvgIpc) is 2.49. The van der Waals surface area contributed by atoms with Crippen molar-refractivity contribution in [3.63, 3.8) is 0 Å². The van der Waals surface area contributed by atoms with Gasteiger partial charge in [0.1, 0.15) is 11.6 Å². The minimum atomic E-state index is -0.174. The normalized spacial score (nSPS) is 10.7. The van der Waals surface area contributed by atoms with Crippen molar-refractivity contribution in [1.82, 2.24) is 14.8 Å². The predicted octanol–water partition coefficient (Wildman–Crippen LogP) is 1.43. The Hall–Kier alpha value is -2.89. The Labute approximate surface area is 120 Å². The lowest BCUT2D eigenvalue weighted by Gasteiger charge is -2.09. The Morgan fingerprint density at radius 3 is 2.90 bits per heavy atom. The standard InChI is InChI=1S/C15H14N4O2/c1-21-12-5-4-10-7-11(15(16)18-13(10)8-12)9-19-14(20)3-2-6-17-19/h2-8H,9H2,1H3,(H2,16,18). The summed E-state index contributed by atoms with van der Waals surface area (Å²) in [5.74, 6) is 1.11. The zero-order chi connectivity index (χ0) is 14.8. The highest BCUT2D eigenvalue weighted by atomic mass is 16.5. The summed E-state index contributed by atoms with van der Waals surface area (Å²) in [5.41, 5.74) is 7.32. The van der Waals surface area contributed by atoms with Crippen molar-refractivity contribution < 1.29 is 4.74 Å². The van der Waals surface area contributed by atoms with Crippen LogP contribution in [0.15, 0.2) is 47.4 Å². The van der Waals surface area contributed by atoms with Crippen LogP contribution in [0, 0.1) is 0 Å². The molecule has 0 unspecified atom stereocenters. The predicted molar refractivity (Wildman–Crippen MR) is 80.3 cm³/mol. The van der Waals surface area contributed by atoms with Gasteiger partial charge in [-0.3, -0.25) is 4.79 Å². The van der Waals surface area contributed by atoms with E-state index >= 15 is 0 Å². The van der Waals surface area contributed by atoms with E-state index in [2.05, 4.69) is 10.1 Å². The first-order valence-corrected chi connectivity index (χ1v) is 6.42. The monoisotopic (exact) mass is 282 g/mol. The molecule has 0 atom stereocenters. The topological polar surface area (TPSA) is 83.0 Å². The molecule has 0 radical (unpaired) electrons. The summed E-state index contributed by atoms with van der Waals surface area (Å²) in [4.78, 5) is 16.1. The van der Waals surface area contributed by atoms with Crippen molar-refractivity contribution in [2.75, 3.05) is 12.8 Å². The first kappa shape index (κ1) is 13.1. The van der Waals surface area contributed by atoms with Gasteiger partial charge in [-0.15, -0.1) is 0 Å². The third-order valence-electron chi connectivity index (χ3n) is 3.24. The fraction of sp³-hybridized carbons (Fsp3) is 0.133. The summed E-state index contributed by atoms with van der Waals surface area (Å²) in [6.07, 6.45) is 1.57. The maximum Gasteiger partial charge on any atom is 0.267 e. The molecule has 106 valence electrons. The second-order valence-electron chi connectivity index (χ2n) is 4.61. The van der Waals surface area contributed by atoms with Crippen LogP contribution in [0.4, 0.5) is 5.82 Å². The lowest BCUT2D eigenvalue weighted by Crippen LogP contribution is -2.22. The third-order valence-corrected chi connectivity index (χ3v) is 3.24. The van der Waals surface area contributed by atoms with E-state index in [1.54, 1.807) is 19.4 Å². The molecular formula is C15H14N4O2. The molecule has 1 aromatic carbocycles. The number of nitrogens with two attached hydrogens (primary N) is 1. The number of nitrogen functional groups attached to an aromatic ring is 1. The van der Waals surface area contributed by atoms with Gasteiger partial charge in [0.15, 0.2) is 0 Å². The van der Waals surface area contributed by atoms with E-state index in [-0.39, 0.29) is 5.56 Å². The molecule has 6 heteroatoms. The van der Waals surface area contributed by atoms with Crippen molar-refractivity contribution in [2.24, 2.45) is 0 Å². The molecule has 0 amide bonds. The number of fused-ring (bicyclic) bond motifs is 1. The second kappa shape index (κ2) is 5.24. The lowest BCUT2D eigenvalue weighted by molar-refractivity contribution is 0.415. The molecule has 3 rings (SSSR count). The van der Waals surface area contributed by atoms with E-state index in [0.717, 1.165) is 22.2 Å². The summed E-state index contributed by atoms with van der Waals surface area (Å²) < 4.78 is 6.52. The van der Waals surface area contributed by atoms with Crippen molar-refractivity contribution in [1.29, 1.82) is 0 Å². The van der Waals surface area contributed by atoms with Crippen LogP contribution in [0.3, 0.4) is 0 Å². The molecule has 6 nitrogen and oxygen atoms in total. The number of nitrogens with zero attached hydrogens (tertiary/aromatic N) is 3. The molecule has 0 spiro atoms. The van der Waals surface area contributed by atoms with Crippen molar-refractivity contribution in [3.05, 3.63) is 58.5 Å². The zero-order valence-electron chi connectivity index (χ0n) is 11.5. The molecule has 21 heavy (non-hydrogen) atoms. The summed E-state index contributed by atoms with van der Waals surface area (Å²) in [6, 6.07) is 10.6. The second-order valence-corrected chi connectivity index (χ2v) is 4.61. The summed E-state index contributed by atoms with van der Waals surface area (Å²) >= 11 is 0. The van der Waals surface area contributed by atoms with Crippen molar-refractivity contribution in [2.45, 2.75) is 6.54 Å². The van der Waals surface area contributed by atoms with Crippen LogP contribution >= 0.6 is 0 Å². The van der Waals surface area contributed by atoms with Crippen LogP contribution in [0.1, 0.15) is 5.56 Å². The smallest absolute Gasteiger partial charge is 0.267 e. The van der Waals surface area contributed by atoms with Gasteiger partial charge in [-0.25, -0.2) is 9.67 Å². The third kappa shape index (κ3) is 2.55. The van der Waals surface area contributed by atoms with E-state index in [9.17, 15) is 4.79 Å². The van der Waals surface area contributed by atoms with E-state index in [4.69, 9.17) is 10.5 Å². The number of aromatic nitrogens is 3. The SMILES string of the molecule is COc1ccc2cc(Cn3ncccc3=O)c(N)nc2c1. The summed E-state index contributed by atoms with van der Waals surface area (Å²) in [7, 11) is 1.60. The minimum absolute atomic E-state index is 0.174. The van der Waals surface area contributed by atoms with Gasteiger partial charge in [0.25, 0.3) is 5.56 Å². The molecule has 2 aromatic heterocycles. The molecular weight excluding hydrogens is 268 g/mol. The molecule has 0 aliphatic carbocycles. The van der Waals surface area contributed by atoms with Crippen LogP contribution in [-0.4, -0.2) is 21.9 Å². The Balaban J connectivity index is 2.05. The Morgan fingerprint density at radius 1 is 1.29 bits per heavy atom. The highest BCUT2D eigenvalue weighted by molar-refractivity contribution is 5.82. The number of benzene rings is 1. The van der Waals surface area contributed by atoms with Crippen LogP contribution in [-0.2, 0) is 6.54 Å². The molecule has 2 heterocycles. The fourth-order valence-corrected chi connectivity index (χ4v) is 2.13. The largest absolute Gasteiger partial charge is 0.497 e. The summed E-state index contributed by atoms with van der Waals surface area (Å²) in [5, 5.41) is 4.96. The van der Waals surface area contributed by atoms with E-state index in [1.165, 1.54) is 10.7 Å². The van der Waals surface area contributed by atoms with Gasteiger partial charge in [0.05, 0.1) is 19.2 Å². The van der Waals surface area contributed by atoms with E-state index in [0.29, 0.717) is 12.4 Å². The Kier molecular flexibility index (Phi) is 3.27. The minimum Gasteiger partial charge on any atom is -0.497 e. The number of pyridine rings is 1. The molecule has 0 saturated heterocycles. The molecule has 0 aliphatic heterocycles. The highest BCUT2D eigenvalue weighted by Gasteiger charge is 2.07. The van der Waals surface area contributed by atoms with Gasteiger partial charge >= 0.3 is 0 Å². The maximum atomic E-state index is 11.7. The fourth-order valence-electron chi connectivity index (χ4n) is 2.13. The number of rotatable bonds is 3. The van der Waals surface area contributed by atoms with Gasteiger partial charge in [-0.1, -0.05) is 0 Å². The number of hydrogen-bond acceptors (Lipinski definition) is 5. The van der Waals surface area contributed by atoms with E-state index in [1.807, 2.05) is 24.3 Å². The lowest BCUT2D eigenvalue weighted by atomic mass is 10.1. The van der Waals surface area contributed by atoms with Crippen molar-refractivity contribution >= 4 is 16.7 Å².